The summed E-state index contributed by atoms with van der Waals surface area (Å²) in [6, 6.07) is 16.1. The lowest BCUT2D eigenvalue weighted by atomic mass is 10.1. The molecule has 0 fully saturated rings. The normalized spacial score (nSPS) is 10.7. The predicted octanol–water partition coefficient (Wildman–Crippen LogP) is 5.93. The van der Waals surface area contributed by atoms with E-state index in [1.54, 1.807) is 54.7 Å². The van der Waals surface area contributed by atoms with E-state index in [2.05, 4.69) is 5.32 Å². The summed E-state index contributed by atoms with van der Waals surface area (Å²) in [6.07, 6.45) is 0.633. The van der Waals surface area contributed by atoms with Crippen molar-refractivity contribution in [2.45, 2.75) is 32.9 Å². The summed E-state index contributed by atoms with van der Waals surface area (Å²) in [5.74, 6) is 1.18. The second-order valence-electron chi connectivity index (χ2n) is 8.50. The highest BCUT2D eigenvalue weighted by atomic mass is 35.5. The quantitative estimate of drug-likeness (QED) is 0.334. The van der Waals surface area contributed by atoms with E-state index < -0.39 is 0 Å². The number of halogens is 1. The maximum atomic E-state index is 13.5. The third-order valence-electron chi connectivity index (χ3n) is 5.66. The number of nitrogens with zero attached hydrogens (tertiary/aromatic N) is 2. The van der Waals surface area contributed by atoms with Crippen molar-refractivity contribution in [1.82, 2.24) is 9.80 Å². The Kier molecular flexibility index (Phi) is 10.0. The zero-order valence-corrected chi connectivity index (χ0v) is 22.6. The smallest absolute Gasteiger partial charge is 0.322 e. The monoisotopic (exact) mass is 529 g/mol. The molecule has 0 spiro atoms. The summed E-state index contributed by atoms with van der Waals surface area (Å²) < 4.78 is 10.7. The number of benzene rings is 2. The number of rotatable bonds is 11. The van der Waals surface area contributed by atoms with Gasteiger partial charge >= 0.3 is 6.03 Å². The minimum Gasteiger partial charge on any atom is -0.493 e. The van der Waals surface area contributed by atoms with E-state index in [0.29, 0.717) is 41.7 Å². The molecule has 0 saturated heterocycles. The number of urea groups is 1. The lowest BCUT2D eigenvalue weighted by molar-refractivity contribution is -0.132. The van der Waals surface area contributed by atoms with Crippen LogP contribution in [0.2, 0.25) is 5.02 Å². The molecular formula is C27H32ClN3O4S. The maximum absolute atomic E-state index is 13.5. The first-order valence-electron chi connectivity index (χ1n) is 11.6. The Balaban J connectivity index is 1.73. The number of anilines is 1. The molecule has 3 amide bonds. The molecule has 36 heavy (non-hydrogen) atoms. The highest BCUT2D eigenvalue weighted by Crippen LogP contribution is 2.28. The highest BCUT2D eigenvalue weighted by molar-refractivity contribution is 7.09. The second kappa shape index (κ2) is 13.2. The van der Waals surface area contributed by atoms with Crippen LogP contribution in [0, 0.1) is 0 Å². The van der Waals surface area contributed by atoms with Crippen LogP contribution < -0.4 is 14.8 Å². The van der Waals surface area contributed by atoms with Gasteiger partial charge in [0.25, 0.3) is 0 Å². The Morgan fingerprint density at radius 2 is 1.81 bits per heavy atom. The third-order valence-corrected chi connectivity index (χ3v) is 6.76. The van der Waals surface area contributed by atoms with Crippen molar-refractivity contribution >= 4 is 40.6 Å². The van der Waals surface area contributed by atoms with Crippen LogP contribution in [-0.4, -0.2) is 55.1 Å². The second-order valence-corrected chi connectivity index (χ2v) is 9.96. The summed E-state index contributed by atoms with van der Waals surface area (Å²) in [5, 5.41) is 5.36. The number of carbonyl (C=O) groups is 2. The molecule has 7 nitrogen and oxygen atoms in total. The minimum absolute atomic E-state index is 0.0403. The van der Waals surface area contributed by atoms with Gasteiger partial charge in [-0.3, -0.25) is 4.79 Å². The number of carbonyl (C=O) groups excluding carboxylic acids is 2. The maximum Gasteiger partial charge on any atom is 0.322 e. The lowest BCUT2D eigenvalue weighted by Crippen LogP contribution is -2.47. The van der Waals surface area contributed by atoms with Crippen molar-refractivity contribution in [2.24, 2.45) is 0 Å². The van der Waals surface area contributed by atoms with Gasteiger partial charge in [0.2, 0.25) is 5.91 Å². The molecule has 192 valence electrons. The largest absolute Gasteiger partial charge is 0.493 e. The van der Waals surface area contributed by atoms with Crippen molar-refractivity contribution in [3.05, 3.63) is 75.4 Å². The van der Waals surface area contributed by atoms with Crippen LogP contribution in [0.15, 0.2) is 60.0 Å². The molecule has 0 aliphatic carbocycles. The van der Waals surface area contributed by atoms with Gasteiger partial charge in [-0.05, 0) is 67.6 Å². The van der Waals surface area contributed by atoms with E-state index in [1.807, 2.05) is 49.6 Å². The Morgan fingerprint density at radius 3 is 2.44 bits per heavy atom. The van der Waals surface area contributed by atoms with Gasteiger partial charge in [0, 0.05) is 28.2 Å². The summed E-state index contributed by atoms with van der Waals surface area (Å²) in [4.78, 5) is 30.9. The van der Waals surface area contributed by atoms with Crippen molar-refractivity contribution in [3.63, 3.8) is 0 Å². The van der Waals surface area contributed by atoms with Crippen molar-refractivity contribution in [2.75, 3.05) is 32.6 Å². The van der Waals surface area contributed by atoms with Gasteiger partial charge in [-0.25, -0.2) is 4.79 Å². The Morgan fingerprint density at radius 1 is 1.03 bits per heavy atom. The van der Waals surface area contributed by atoms with E-state index in [0.717, 1.165) is 10.4 Å². The van der Waals surface area contributed by atoms with E-state index >= 15 is 0 Å². The molecule has 1 heterocycles. The molecule has 3 rings (SSSR count). The van der Waals surface area contributed by atoms with Crippen LogP contribution in [0.1, 0.15) is 24.3 Å². The van der Waals surface area contributed by atoms with Crippen LogP contribution >= 0.6 is 22.9 Å². The molecule has 0 saturated carbocycles. The predicted molar refractivity (Wildman–Crippen MR) is 145 cm³/mol. The zero-order chi connectivity index (χ0) is 26.1. The molecule has 0 unspecified atom stereocenters. The van der Waals surface area contributed by atoms with E-state index in [4.69, 9.17) is 21.1 Å². The van der Waals surface area contributed by atoms with Gasteiger partial charge in [0.1, 0.15) is 6.54 Å². The van der Waals surface area contributed by atoms with Crippen molar-refractivity contribution in [1.29, 1.82) is 0 Å². The van der Waals surface area contributed by atoms with Crippen LogP contribution in [0.3, 0.4) is 0 Å². The Labute approximate surface area is 221 Å². The lowest BCUT2D eigenvalue weighted by Gasteiger charge is -2.30. The van der Waals surface area contributed by atoms with Crippen LogP contribution in [0.4, 0.5) is 10.5 Å². The zero-order valence-electron chi connectivity index (χ0n) is 21.0. The molecule has 1 aromatic heterocycles. The summed E-state index contributed by atoms with van der Waals surface area (Å²) >= 11 is 7.65. The number of methoxy groups -OCH3 is 2. The topological polar surface area (TPSA) is 71.1 Å². The van der Waals surface area contributed by atoms with Gasteiger partial charge in [-0.2, -0.15) is 0 Å². The summed E-state index contributed by atoms with van der Waals surface area (Å²) in [6.45, 7) is 4.71. The Hall–Kier alpha value is -3.23. The van der Waals surface area contributed by atoms with Crippen molar-refractivity contribution < 1.29 is 19.1 Å². The fourth-order valence-corrected chi connectivity index (χ4v) is 4.59. The minimum atomic E-state index is -0.350. The van der Waals surface area contributed by atoms with Crippen LogP contribution in [0.25, 0.3) is 0 Å². The van der Waals surface area contributed by atoms with Gasteiger partial charge in [-0.15, -0.1) is 11.3 Å². The van der Waals surface area contributed by atoms with E-state index in [1.165, 1.54) is 4.90 Å². The Bertz CT molecular complexity index is 1150. The van der Waals surface area contributed by atoms with Crippen LogP contribution in [-0.2, 0) is 17.8 Å². The highest BCUT2D eigenvalue weighted by Gasteiger charge is 2.24. The van der Waals surface area contributed by atoms with Crippen molar-refractivity contribution in [3.8, 4) is 11.5 Å². The van der Waals surface area contributed by atoms with E-state index in [9.17, 15) is 9.59 Å². The molecule has 0 aliphatic heterocycles. The molecule has 0 aliphatic rings. The number of thiophene rings is 1. The van der Waals surface area contributed by atoms with E-state index in [-0.39, 0.29) is 24.5 Å². The first kappa shape index (κ1) is 27.4. The summed E-state index contributed by atoms with van der Waals surface area (Å²) in [5.41, 5.74) is 1.60. The van der Waals surface area contributed by atoms with Gasteiger partial charge in [-0.1, -0.05) is 29.8 Å². The average molecular weight is 530 g/mol. The fraction of sp³-hybridized carbons (Fsp3) is 0.333. The molecule has 0 radical (unpaired) electrons. The molecule has 9 heteroatoms. The number of ether oxygens (including phenoxy) is 2. The van der Waals surface area contributed by atoms with Gasteiger partial charge in [0.05, 0.1) is 20.8 Å². The molecule has 0 atom stereocenters. The molecule has 1 N–H and O–H groups in total. The SMILES string of the molecule is COc1ccc(CCN(Cc2cccs2)C(=O)CN(C(=O)Nc2cccc(Cl)c2)C(C)C)cc1OC. The van der Waals surface area contributed by atoms with Gasteiger partial charge in [0.15, 0.2) is 11.5 Å². The number of hydrogen-bond acceptors (Lipinski definition) is 5. The van der Waals surface area contributed by atoms with Crippen LogP contribution in [0.5, 0.6) is 11.5 Å². The average Bonchev–Trinajstić information content (AvgIpc) is 3.37. The summed E-state index contributed by atoms with van der Waals surface area (Å²) in [7, 11) is 3.20. The number of hydrogen-bond donors (Lipinski definition) is 1. The molecule has 0 bridgehead atoms. The molecule has 3 aromatic rings. The van der Waals surface area contributed by atoms with Gasteiger partial charge < -0.3 is 24.6 Å². The first-order valence-corrected chi connectivity index (χ1v) is 12.9. The first-order chi connectivity index (χ1) is 17.3. The fourth-order valence-electron chi connectivity index (χ4n) is 3.68. The number of amides is 3. The standard InChI is InChI=1S/C27H32ClN3O4S/c1-19(2)31(27(33)29-22-8-5-7-21(28)16-22)18-26(32)30(17-23-9-6-14-36-23)13-12-20-10-11-24(34-3)25(15-20)35-4/h5-11,14-16,19H,12-13,17-18H2,1-4H3,(H,29,33). The number of nitrogens with one attached hydrogen (secondary N) is 1. The third kappa shape index (κ3) is 7.63. The molecule has 2 aromatic carbocycles. The molecular weight excluding hydrogens is 498 g/mol.